The van der Waals surface area contributed by atoms with Gasteiger partial charge in [0.05, 0.1) is 7.11 Å². The number of ether oxygens (including phenoxy) is 1. The highest BCUT2D eigenvalue weighted by Crippen LogP contribution is 2.59. The Labute approximate surface area is 182 Å². The third-order valence-electron chi connectivity index (χ3n) is 8.04. The van der Waals surface area contributed by atoms with Crippen LogP contribution in [0.5, 0.6) is 5.75 Å². The summed E-state index contributed by atoms with van der Waals surface area (Å²) in [5.74, 6) is 4.39. The molecule has 0 spiro atoms. The Kier molecular flexibility index (Phi) is 6.51. The molecule has 2 aromatic carbocycles. The van der Waals surface area contributed by atoms with E-state index in [9.17, 15) is 4.79 Å². The highest BCUT2D eigenvalue weighted by atomic mass is 16.5. The molecule has 162 valence electrons. The molecule has 4 saturated carbocycles. The van der Waals surface area contributed by atoms with Crippen LogP contribution in [0.1, 0.15) is 83.1 Å². The summed E-state index contributed by atoms with van der Waals surface area (Å²) >= 11 is 0. The van der Waals surface area contributed by atoms with Crippen molar-refractivity contribution >= 4 is 17.1 Å². The summed E-state index contributed by atoms with van der Waals surface area (Å²) in [7, 11) is 1.74. The number of rotatable bonds is 6. The molecule has 0 heterocycles. The molecule has 0 N–H and O–H groups in total. The molecule has 4 aliphatic rings. The van der Waals surface area contributed by atoms with Crippen LogP contribution in [0.15, 0.2) is 36.4 Å². The number of benzene rings is 2. The summed E-state index contributed by atoms with van der Waals surface area (Å²) in [6, 6.07) is 12.9. The van der Waals surface area contributed by atoms with Crippen LogP contribution in [0.2, 0.25) is 0 Å². The molecular formula is C28H38O2. The topological polar surface area (TPSA) is 26.3 Å². The average Bonchev–Trinajstić information content (AvgIpc) is 2.76. The Morgan fingerprint density at radius 2 is 1.57 bits per heavy atom. The third kappa shape index (κ3) is 4.15. The summed E-state index contributed by atoms with van der Waals surface area (Å²) in [6.07, 6.45) is 13.0. The van der Waals surface area contributed by atoms with E-state index in [2.05, 4.69) is 50.2 Å². The first-order chi connectivity index (χ1) is 14.6. The lowest BCUT2D eigenvalue weighted by Crippen LogP contribution is -2.46. The van der Waals surface area contributed by atoms with Crippen LogP contribution in [0.3, 0.4) is 0 Å². The van der Waals surface area contributed by atoms with Gasteiger partial charge in [-0.05, 0) is 92.1 Å². The van der Waals surface area contributed by atoms with Crippen LogP contribution in [-0.2, 0) is 4.79 Å². The smallest absolute Gasteiger partial charge is 0.126 e. The maximum absolute atomic E-state index is 11.1. The first-order valence-corrected chi connectivity index (χ1v) is 12.1. The van der Waals surface area contributed by atoms with Gasteiger partial charge in [-0.15, -0.1) is 0 Å². The van der Waals surface area contributed by atoms with Gasteiger partial charge in [-0.25, -0.2) is 0 Å². The van der Waals surface area contributed by atoms with Gasteiger partial charge in [0, 0.05) is 10.8 Å². The molecule has 0 amide bonds. The lowest BCUT2D eigenvalue weighted by Gasteiger charge is -2.54. The minimum atomic E-state index is 0.161. The summed E-state index contributed by atoms with van der Waals surface area (Å²) < 4.78 is 5.46. The Hall–Kier alpha value is -1.83. The molecular weight excluding hydrogens is 368 g/mol. The fourth-order valence-electron chi connectivity index (χ4n) is 7.08. The maximum Gasteiger partial charge on any atom is 0.126 e. The van der Waals surface area contributed by atoms with Crippen LogP contribution in [-0.4, -0.2) is 13.4 Å². The van der Waals surface area contributed by atoms with E-state index < -0.39 is 0 Å². The predicted molar refractivity (Wildman–Crippen MR) is 125 cm³/mol. The molecule has 2 nitrogen and oxygen atoms in total. The van der Waals surface area contributed by atoms with Crippen molar-refractivity contribution < 1.29 is 9.53 Å². The van der Waals surface area contributed by atoms with Crippen LogP contribution in [0.25, 0.3) is 10.8 Å². The lowest BCUT2D eigenvalue weighted by atomic mass is 9.50. The molecule has 0 aliphatic heterocycles. The van der Waals surface area contributed by atoms with Gasteiger partial charge in [0.25, 0.3) is 0 Å². The van der Waals surface area contributed by atoms with Crippen molar-refractivity contribution in [3.8, 4) is 5.75 Å². The molecule has 2 heteroatoms. The van der Waals surface area contributed by atoms with Crippen molar-refractivity contribution in [2.75, 3.05) is 7.11 Å². The van der Waals surface area contributed by atoms with E-state index in [0.29, 0.717) is 5.92 Å². The van der Waals surface area contributed by atoms with E-state index in [-0.39, 0.29) is 5.41 Å². The molecule has 0 radical (unpaired) electrons. The van der Waals surface area contributed by atoms with Crippen LogP contribution >= 0.6 is 0 Å². The molecule has 4 bridgehead atoms. The summed E-state index contributed by atoms with van der Waals surface area (Å²) in [5.41, 5.74) is 1.63. The fraction of sp³-hybridized carbons (Fsp3) is 0.607. The average molecular weight is 407 g/mol. The van der Waals surface area contributed by atoms with E-state index in [1.54, 1.807) is 7.11 Å². The van der Waals surface area contributed by atoms with Gasteiger partial charge in [0.2, 0.25) is 0 Å². The molecule has 4 aliphatic carbocycles. The number of hydrogen-bond donors (Lipinski definition) is 0. The van der Waals surface area contributed by atoms with Gasteiger partial charge in [0.15, 0.2) is 0 Å². The number of methoxy groups -OCH3 is 1. The van der Waals surface area contributed by atoms with E-state index in [1.165, 1.54) is 80.4 Å². The zero-order valence-electron chi connectivity index (χ0n) is 19.0. The van der Waals surface area contributed by atoms with E-state index in [4.69, 9.17) is 4.74 Å². The van der Waals surface area contributed by atoms with Gasteiger partial charge >= 0.3 is 0 Å². The number of hydrogen-bond acceptors (Lipinski definition) is 2. The Morgan fingerprint density at radius 1 is 0.967 bits per heavy atom. The molecule has 4 fully saturated rings. The highest BCUT2D eigenvalue weighted by Gasteiger charge is 2.50. The van der Waals surface area contributed by atoms with E-state index in [1.807, 2.05) is 0 Å². The van der Waals surface area contributed by atoms with Crippen molar-refractivity contribution in [2.45, 2.75) is 77.6 Å². The minimum Gasteiger partial charge on any atom is -0.496 e. The first-order valence-electron chi connectivity index (χ1n) is 12.1. The van der Waals surface area contributed by atoms with Gasteiger partial charge in [-0.3, -0.25) is 0 Å². The Balaban J connectivity index is 0.000000156. The fourth-order valence-corrected chi connectivity index (χ4v) is 7.08. The zero-order chi connectivity index (χ0) is 21.1. The molecule has 30 heavy (non-hydrogen) atoms. The Morgan fingerprint density at radius 3 is 2.07 bits per heavy atom. The van der Waals surface area contributed by atoms with E-state index in [0.717, 1.165) is 23.5 Å². The summed E-state index contributed by atoms with van der Waals surface area (Å²) in [4.78, 5) is 11.1. The second-order valence-corrected chi connectivity index (χ2v) is 10.2. The van der Waals surface area contributed by atoms with Crippen molar-refractivity contribution in [1.82, 2.24) is 0 Å². The van der Waals surface area contributed by atoms with Crippen LogP contribution in [0, 0.1) is 23.2 Å². The zero-order valence-corrected chi connectivity index (χ0v) is 19.0. The standard InChI is InChI=1S/C17H22O.C11H16O/c1-4-8-13(5-2)14-11-12-17(18-3)16-10-7-6-9-15(14)16;12-7-11-4-8-1-9(5-11)3-10(2-8)6-11/h6-7,9-13H,4-5,8H2,1-3H3;7-10H,1-6H2. The minimum absolute atomic E-state index is 0.161. The number of carbonyl (C=O) groups is 1. The second kappa shape index (κ2) is 9.12. The van der Waals surface area contributed by atoms with Crippen molar-refractivity contribution in [1.29, 1.82) is 0 Å². The molecule has 0 aromatic heterocycles. The third-order valence-corrected chi connectivity index (χ3v) is 8.04. The van der Waals surface area contributed by atoms with Crippen molar-refractivity contribution in [3.63, 3.8) is 0 Å². The van der Waals surface area contributed by atoms with Gasteiger partial charge in [-0.1, -0.05) is 50.6 Å². The quantitative estimate of drug-likeness (QED) is 0.463. The highest BCUT2D eigenvalue weighted by molar-refractivity contribution is 5.91. The largest absolute Gasteiger partial charge is 0.496 e. The molecule has 1 atom stereocenters. The maximum atomic E-state index is 11.1. The number of fused-ring (bicyclic) bond motifs is 1. The summed E-state index contributed by atoms with van der Waals surface area (Å²) in [5, 5.41) is 2.57. The Bertz CT molecular complexity index is 833. The monoisotopic (exact) mass is 406 g/mol. The first kappa shape index (κ1) is 21.4. The van der Waals surface area contributed by atoms with E-state index >= 15 is 0 Å². The number of carbonyl (C=O) groups excluding carboxylic acids is 1. The molecule has 2 aromatic rings. The SMILES string of the molecule is CCCC(CC)c1ccc(OC)c2ccccc12.O=CC12CC3CC(CC(C3)C1)C2. The van der Waals surface area contributed by atoms with Crippen molar-refractivity contribution in [3.05, 3.63) is 42.0 Å². The predicted octanol–water partition coefficient (Wildman–Crippen LogP) is 7.54. The normalized spacial score (nSPS) is 29.9. The van der Waals surface area contributed by atoms with Crippen LogP contribution in [0.4, 0.5) is 0 Å². The molecule has 0 saturated heterocycles. The lowest BCUT2D eigenvalue weighted by molar-refractivity contribution is -0.130. The molecule has 1 unspecified atom stereocenters. The second-order valence-electron chi connectivity index (χ2n) is 10.2. The summed E-state index contributed by atoms with van der Waals surface area (Å²) in [6.45, 7) is 4.54. The number of aldehydes is 1. The molecule has 6 rings (SSSR count). The van der Waals surface area contributed by atoms with Crippen molar-refractivity contribution in [2.24, 2.45) is 23.2 Å². The van der Waals surface area contributed by atoms with Gasteiger partial charge in [-0.2, -0.15) is 0 Å². The van der Waals surface area contributed by atoms with Gasteiger partial charge < -0.3 is 9.53 Å². The van der Waals surface area contributed by atoms with Gasteiger partial charge in [0.1, 0.15) is 12.0 Å². The van der Waals surface area contributed by atoms with Crippen LogP contribution < -0.4 is 4.74 Å².